The van der Waals surface area contributed by atoms with Crippen molar-refractivity contribution in [1.82, 2.24) is 9.55 Å². The molecular formula is C24H26N2O. The second kappa shape index (κ2) is 7.36. The normalized spacial score (nSPS) is 12.3. The number of ketones is 1. The summed E-state index contributed by atoms with van der Waals surface area (Å²) in [5, 5.41) is 0. The van der Waals surface area contributed by atoms with Crippen molar-refractivity contribution in [3.05, 3.63) is 78.3 Å². The Morgan fingerprint density at radius 2 is 1.74 bits per heavy atom. The number of carbonyl (C=O) groups excluding carboxylic acids is 1. The Morgan fingerprint density at radius 3 is 2.37 bits per heavy atom. The average molecular weight is 358 g/mol. The summed E-state index contributed by atoms with van der Waals surface area (Å²) in [6.45, 7) is 9.73. The van der Waals surface area contributed by atoms with E-state index in [4.69, 9.17) is 4.98 Å². The molecule has 0 saturated carbocycles. The van der Waals surface area contributed by atoms with Gasteiger partial charge in [0, 0.05) is 34.6 Å². The van der Waals surface area contributed by atoms with E-state index in [1.807, 2.05) is 83.4 Å². The Kier molecular flexibility index (Phi) is 5.13. The summed E-state index contributed by atoms with van der Waals surface area (Å²) < 4.78 is 2.07. The van der Waals surface area contributed by atoms with Gasteiger partial charge in [0.05, 0.1) is 11.4 Å². The number of aryl methyl sites for hydroxylation is 1. The molecule has 0 N–H and O–H groups in total. The van der Waals surface area contributed by atoms with Crippen LogP contribution in [0.2, 0.25) is 0 Å². The fourth-order valence-electron chi connectivity index (χ4n) is 3.07. The summed E-state index contributed by atoms with van der Waals surface area (Å²) in [7, 11) is 0. The molecule has 0 spiro atoms. The monoisotopic (exact) mass is 358 g/mol. The maximum atomic E-state index is 12.9. The van der Waals surface area contributed by atoms with Gasteiger partial charge >= 0.3 is 0 Å². The van der Waals surface area contributed by atoms with Crippen molar-refractivity contribution in [1.29, 1.82) is 0 Å². The van der Waals surface area contributed by atoms with E-state index in [-0.39, 0.29) is 5.78 Å². The Hall–Kier alpha value is -2.94. The van der Waals surface area contributed by atoms with Crippen molar-refractivity contribution in [3.8, 4) is 16.9 Å². The van der Waals surface area contributed by atoms with Crippen LogP contribution in [0.4, 0.5) is 0 Å². The first-order chi connectivity index (χ1) is 12.8. The van der Waals surface area contributed by atoms with E-state index in [2.05, 4.69) is 22.8 Å². The maximum absolute atomic E-state index is 12.9. The second-order valence-electron chi connectivity index (χ2n) is 7.78. The first-order valence-electron chi connectivity index (χ1n) is 9.24. The van der Waals surface area contributed by atoms with Crippen molar-refractivity contribution in [2.75, 3.05) is 0 Å². The van der Waals surface area contributed by atoms with Gasteiger partial charge in [0.2, 0.25) is 0 Å². The van der Waals surface area contributed by atoms with Gasteiger partial charge in [0.25, 0.3) is 0 Å². The molecule has 0 atom stereocenters. The average Bonchev–Trinajstić information content (AvgIpc) is 3.18. The number of nitrogens with zero attached hydrogens (tertiary/aromatic N) is 2. The third-order valence-corrected chi connectivity index (χ3v) is 4.61. The number of carbonyl (C=O) groups is 1. The van der Waals surface area contributed by atoms with Crippen LogP contribution in [0.1, 0.15) is 39.0 Å². The molecule has 0 saturated heterocycles. The van der Waals surface area contributed by atoms with Crippen LogP contribution >= 0.6 is 0 Å². The number of pyridine rings is 1. The SMILES string of the molecule is C/C=C(/C(=O)C(C)(C)C)c1nc(-c2cccc(-n3cccc3)c2)ccc1C. The van der Waals surface area contributed by atoms with Gasteiger partial charge in [-0.15, -0.1) is 0 Å². The highest BCUT2D eigenvalue weighted by Gasteiger charge is 2.27. The van der Waals surface area contributed by atoms with Gasteiger partial charge in [-0.05, 0) is 49.7 Å². The molecule has 0 unspecified atom stereocenters. The predicted molar refractivity (Wildman–Crippen MR) is 112 cm³/mol. The highest BCUT2D eigenvalue weighted by atomic mass is 16.1. The summed E-state index contributed by atoms with van der Waals surface area (Å²) in [5.74, 6) is 0.110. The molecule has 3 nitrogen and oxygen atoms in total. The smallest absolute Gasteiger partial charge is 0.170 e. The Balaban J connectivity index is 2.06. The zero-order valence-corrected chi connectivity index (χ0v) is 16.7. The molecule has 1 aromatic carbocycles. The minimum Gasteiger partial charge on any atom is -0.324 e. The van der Waals surface area contributed by atoms with E-state index < -0.39 is 5.41 Å². The van der Waals surface area contributed by atoms with Crippen LogP contribution in [-0.4, -0.2) is 15.3 Å². The fraction of sp³-hybridized carbons (Fsp3) is 0.250. The number of allylic oxidation sites excluding steroid dienone is 2. The van der Waals surface area contributed by atoms with Gasteiger partial charge in [-0.3, -0.25) is 4.79 Å². The number of aromatic nitrogens is 2. The van der Waals surface area contributed by atoms with E-state index in [0.717, 1.165) is 28.2 Å². The van der Waals surface area contributed by atoms with Crippen molar-refractivity contribution >= 4 is 11.4 Å². The van der Waals surface area contributed by atoms with Crippen LogP contribution in [0.25, 0.3) is 22.5 Å². The van der Waals surface area contributed by atoms with Crippen LogP contribution in [-0.2, 0) is 4.79 Å². The van der Waals surface area contributed by atoms with E-state index in [1.165, 1.54) is 0 Å². The molecule has 2 aromatic heterocycles. The largest absolute Gasteiger partial charge is 0.324 e. The van der Waals surface area contributed by atoms with Crippen LogP contribution in [0.3, 0.4) is 0 Å². The minimum absolute atomic E-state index is 0.110. The molecule has 3 aromatic rings. The maximum Gasteiger partial charge on any atom is 0.170 e. The second-order valence-corrected chi connectivity index (χ2v) is 7.78. The Morgan fingerprint density at radius 1 is 1.04 bits per heavy atom. The number of rotatable bonds is 4. The molecule has 3 rings (SSSR count). The fourth-order valence-corrected chi connectivity index (χ4v) is 3.07. The Labute approximate surface area is 161 Å². The number of hydrogen-bond donors (Lipinski definition) is 0. The third-order valence-electron chi connectivity index (χ3n) is 4.61. The molecule has 2 heterocycles. The lowest BCUT2D eigenvalue weighted by molar-refractivity contribution is -0.120. The van der Waals surface area contributed by atoms with Crippen LogP contribution in [0, 0.1) is 12.3 Å². The summed E-state index contributed by atoms with van der Waals surface area (Å²) in [4.78, 5) is 17.8. The van der Waals surface area contributed by atoms with Gasteiger partial charge in [-0.2, -0.15) is 0 Å². The number of hydrogen-bond acceptors (Lipinski definition) is 2. The summed E-state index contributed by atoms with van der Waals surface area (Å²) in [6, 6.07) is 16.3. The molecule has 0 aliphatic carbocycles. The predicted octanol–water partition coefficient (Wildman–Crippen LogP) is 5.87. The lowest BCUT2D eigenvalue weighted by Crippen LogP contribution is -2.22. The summed E-state index contributed by atoms with van der Waals surface area (Å²) in [6.07, 6.45) is 5.92. The van der Waals surface area contributed by atoms with E-state index >= 15 is 0 Å². The minimum atomic E-state index is -0.444. The molecule has 0 aliphatic heterocycles. The lowest BCUT2D eigenvalue weighted by Gasteiger charge is -2.20. The number of Topliss-reactive ketones (excluding diaryl/α,β-unsaturated/α-hetero) is 1. The van der Waals surface area contributed by atoms with E-state index in [0.29, 0.717) is 5.57 Å². The standard InChI is InChI=1S/C24H26N2O/c1-6-20(23(27)24(3,4)5)22-17(2)12-13-21(25-22)18-10-9-11-19(16-18)26-14-7-8-15-26/h6-16H,1-5H3/b20-6+. The van der Waals surface area contributed by atoms with Crippen molar-refractivity contribution in [3.63, 3.8) is 0 Å². The van der Waals surface area contributed by atoms with Crippen LogP contribution in [0.15, 0.2) is 67.0 Å². The third kappa shape index (κ3) is 3.92. The molecule has 0 aliphatic rings. The molecule has 0 fully saturated rings. The van der Waals surface area contributed by atoms with Gasteiger partial charge in [0.15, 0.2) is 5.78 Å². The first-order valence-corrected chi connectivity index (χ1v) is 9.24. The highest BCUT2D eigenvalue weighted by molar-refractivity contribution is 6.22. The molecule has 138 valence electrons. The van der Waals surface area contributed by atoms with Gasteiger partial charge in [-0.1, -0.05) is 45.0 Å². The molecular weight excluding hydrogens is 332 g/mol. The van der Waals surface area contributed by atoms with E-state index in [1.54, 1.807) is 0 Å². The topological polar surface area (TPSA) is 34.9 Å². The molecule has 0 amide bonds. The first kappa shape index (κ1) is 18.8. The van der Waals surface area contributed by atoms with Gasteiger partial charge in [0.1, 0.15) is 0 Å². The van der Waals surface area contributed by atoms with Gasteiger partial charge in [-0.25, -0.2) is 4.98 Å². The quantitative estimate of drug-likeness (QED) is 0.547. The van der Waals surface area contributed by atoms with Crippen LogP contribution < -0.4 is 0 Å². The molecule has 27 heavy (non-hydrogen) atoms. The van der Waals surface area contributed by atoms with Crippen molar-refractivity contribution < 1.29 is 4.79 Å². The molecule has 0 radical (unpaired) electrons. The molecule has 0 bridgehead atoms. The Bertz CT molecular complexity index is 989. The van der Waals surface area contributed by atoms with E-state index in [9.17, 15) is 4.79 Å². The van der Waals surface area contributed by atoms with Crippen molar-refractivity contribution in [2.24, 2.45) is 5.41 Å². The zero-order valence-electron chi connectivity index (χ0n) is 16.7. The van der Waals surface area contributed by atoms with Gasteiger partial charge < -0.3 is 4.57 Å². The molecule has 3 heteroatoms. The number of benzene rings is 1. The van der Waals surface area contributed by atoms with Crippen LogP contribution in [0.5, 0.6) is 0 Å². The van der Waals surface area contributed by atoms with Crippen molar-refractivity contribution in [2.45, 2.75) is 34.6 Å². The summed E-state index contributed by atoms with van der Waals surface area (Å²) >= 11 is 0. The lowest BCUT2D eigenvalue weighted by atomic mass is 9.84. The highest BCUT2D eigenvalue weighted by Crippen LogP contribution is 2.29. The zero-order chi connectivity index (χ0) is 19.6. The summed E-state index contributed by atoms with van der Waals surface area (Å²) in [5.41, 5.74) is 4.99.